The molecule has 1 aromatic heterocycles. The lowest BCUT2D eigenvalue weighted by molar-refractivity contribution is 0.233. The zero-order valence-electron chi connectivity index (χ0n) is 13.7. The first kappa shape index (κ1) is 18.2. The molecule has 1 heterocycles. The molecule has 0 aliphatic carbocycles. The van der Waals surface area contributed by atoms with E-state index in [-0.39, 0.29) is 0 Å². The number of nitrogens with zero attached hydrogens (tertiary/aromatic N) is 2. The van der Waals surface area contributed by atoms with Gasteiger partial charge in [-0.3, -0.25) is 4.90 Å². The Balaban J connectivity index is 2.73. The molecule has 5 heteroatoms. The summed E-state index contributed by atoms with van der Waals surface area (Å²) in [6, 6.07) is 3.64. The normalized spacial score (nSPS) is 11.7. The third kappa shape index (κ3) is 7.11. The Kier molecular flexibility index (Phi) is 8.01. The van der Waals surface area contributed by atoms with Gasteiger partial charge in [-0.15, -0.1) is 0 Å². The molecule has 0 amide bonds. The highest BCUT2D eigenvalue weighted by molar-refractivity contribution is 6.31. The number of hydrogen-bond donors (Lipinski definition) is 2. The average molecular weight is 313 g/mol. The minimum Gasteiger partial charge on any atom is -0.308 e. The maximum atomic E-state index is 6.26. The lowest BCUT2D eigenvalue weighted by atomic mass is 10.1. The lowest BCUT2D eigenvalue weighted by Crippen LogP contribution is -2.28. The van der Waals surface area contributed by atoms with Gasteiger partial charge >= 0.3 is 0 Å². The number of hydrogen-bond acceptors (Lipinski definition) is 4. The van der Waals surface area contributed by atoms with E-state index in [2.05, 4.69) is 43.0 Å². The van der Waals surface area contributed by atoms with Gasteiger partial charge in [0.1, 0.15) is 5.82 Å². The second-order valence-corrected chi connectivity index (χ2v) is 6.82. The first-order valence-corrected chi connectivity index (χ1v) is 8.14. The number of halogens is 1. The van der Waals surface area contributed by atoms with Crippen LogP contribution in [-0.2, 0) is 6.54 Å². The summed E-state index contributed by atoms with van der Waals surface area (Å²) in [4.78, 5) is 6.91. The zero-order chi connectivity index (χ0) is 15.8. The van der Waals surface area contributed by atoms with Crippen LogP contribution < -0.4 is 11.3 Å². The first-order valence-electron chi connectivity index (χ1n) is 7.76. The first-order chi connectivity index (χ1) is 9.92. The van der Waals surface area contributed by atoms with E-state index in [1.54, 1.807) is 6.07 Å². The molecule has 21 heavy (non-hydrogen) atoms. The highest BCUT2D eigenvalue weighted by atomic mass is 35.5. The Bertz CT molecular complexity index is 409. The monoisotopic (exact) mass is 312 g/mol. The van der Waals surface area contributed by atoms with Gasteiger partial charge in [0.05, 0.1) is 10.7 Å². The summed E-state index contributed by atoms with van der Waals surface area (Å²) in [5.74, 6) is 7.48. The van der Waals surface area contributed by atoms with Gasteiger partial charge in [-0.1, -0.05) is 39.3 Å². The molecule has 0 bridgehead atoms. The van der Waals surface area contributed by atoms with E-state index in [4.69, 9.17) is 17.4 Å². The van der Waals surface area contributed by atoms with Crippen molar-refractivity contribution in [2.45, 2.75) is 47.1 Å². The number of nitrogens with two attached hydrogens (primary N) is 1. The number of pyridine rings is 1. The van der Waals surface area contributed by atoms with Crippen LogP contribution in [0.5, 0.6) is 0 Å². The fourth-order valence-corrected chi connectivity index (χ4v) is 2.20. The minimum atomic E-state index is 0.655. The third-order valence-corrected chi connectivity index (χ3v) is 3.83. The molecule has 0 unspecified atom stereocenters. The molecule has 0 fully saturated rings. The molecule has 0 aromatic carbocycles. The SMILES string of the molecule is CC(C)CCN(CCC(C)C)Cc1nc(NN)ccc1Cl. The van der Waals surface area contributed by atoms with E-state index in [1.165, 1.54) is 12.8 Å². The number of nitrogens with one attached hydrogen (secondary N) is 1. The van der Waals surface area contributed by atoms with Crippen molar-refractivity contribution in [2.24, 2.45) is 17.7 Å². The standard InChI is InChI=1S/C16H29ClN4/c1-12(2)7-9-21(10-8-13(3)4)11-15-14(17)5-6-16(19-15)20-18/h5-6,12-13H,7-11,18H2,1-4H3,(H,19,20). The Morgan fingerprint density at radius 3 is 2.19 bits per heavy atom. The Morgan fingerprint density at radius 1 is 1.14 bits per heavy atom. The van der Waals surface area contributed by atoms with Crippen LogP contribution in [0.3, 0.4) is 0 Å². The van der Waals surface area contributed by atoms with Gasteiger partial charge in [0.2, 0.25) is 0 Å². The molecular formula is C16H29ClN4. The maximum Gasteiger partial charge on any atom is 0.140 e. The summed E-state index contributed by atoms with van der Waals surface area (Å²) in [5, 5.41) is 0.702. The predicted molar refractivity (Wildman–Crippen MR) is 91.2 cm³/mol. The highest BCUT2D eigenvalue weighted by Gasteiger charge is 2.12. The molecule has 0 aliphatic rings. The van der Waals surface area contributed by atoms with Gasteiger partial charge < -0.3 is 5.43 Å². The number of nitrogen functional groups attached to an aromatic ring is 1. The molecule has 120 valence electrons. The molecule has 4 nitrogen and oxygen atoms in total. The summed E-state index contributed by atoms with van der Waals surface area (Å²) in [5.41, 5.74) is 3.47. The fraction of sp³-hybridized carbons (Fsp3) is 0.688. The van der Waals surface area contributed by atoms with E-state index in [9.17, 15) is 0 Å². The number of hydrazine groups is 1. The van der Waals surface area contributed by atoms with E-state index in [0.717, 1.165) is 25.3 Å². The quantitative estimate of drug-likeness (QED) is 0.536. The molecule has 0 atom stereocenters. The highest BCUT2D eigenvalue weighted by Crippen LogP contribution is 2.19. The number of anilines is 1. The van der Waals surface area contributed by atoms with Crippen molar-refractivity contribution in [3.8, 4) is 0 Å². The van der Waals surface area contributed by atoms with E-state index >= 15 is 0 Å². The van der Waals surface area contributed by atoms with Crippen LogP contribution in [0.1, 0.15) is 46.2 Å². The van der Waals surface area contributed by atoms with Crippen molar-refractivity contribution < 1.29 is 0 Å². The Labute approximate surface area is 134 Å². The molecule has 1 aromatic rings. The molecule has 0 spiro atoms. The van der Waals surface area contributed by atoms with Gasteiger partial charge in [0.15, 0.2) is 0 Å². The van der Waals surface area contributed by atoms with Crippen LogP contribution in [0.15, 0.2) is 12.1 Å². The Morgan fingerprint density at radius 2 is 1.71 bits per heavy atom. The molecule has 0 saturated carbocycles. The van der Waals surface area contributed by atoms with Crippen molar-refractivity contribution in [3.63, 3.8) is 0 Å². The van der Waals surface area contributed by atoms with Gasteiger partial charge in [-0.25, -0.2) is 10.8 Å². The van der Waals surface area contributed by atoms with Crippen molar-refractivity contribution in [3.05, 3.63) is 22.8 Å². The van der Waals surface area contributed by atoms with Crippen molar-refractivity contribution in [1.82, 2.24) is 9.88 Å². The summed E-state index contributed by atoms with van der Waals surface area (Å²) < 4.78 is 0. The zero-order valence-corrected chi connectivity index (χ0v) is 14.5. The van der Waals surface area contributed by atoms with Crippen LogP contribution >= 0.6 is 11.6 Å². The number of aromatic nitrogens is 1. The topological polar surface area (TPSA) is 54.2 Å². The average Bonchev–Trinajstić information content (AvgIpc) is 2.43. The number of rotatable bonds is 9. The molecular weight excluding hydrogens is 284 g/mol. The van der Waals surface area contributed by atoms with Crippen LogP contribution in [0.2, 0.25) is 5.02 Å². The largest absolute Gasteiger partial charge is 0.308 e. The molecule has 0 aliphatic heterocycles. The van der Waals surface area contributed by atoms with Crippen LogP contribution in [0.4, 0.5) is 5.82 Å². The van der Waals surface area contributed by atoms with E-state index in [0.29, 0.717) is 22.7 Å². The summed E-state index contributed by atoms with van der Waals surface area (Å²) >= 11 is 6.26. The van der Waals surface area contributed by atoms with Crippen LogP contribution in [-0.4, -0.2) is 23.0 Å². The fourth-order valence-electron chi connectivity index (χ4n) is 2.04. The molecule has 3 N–H and O–H groups in total. The summed E-state index contributed by atoms with van der Waals surface area (Å²) in [6.07, 6.45) is 2.37. The Hall–Kier alpha value is -0.840. The minimum absolute atomic E-state index is 0.655. The van der Waals surface area contributed by atoms with Crippen LogP contribution in [0, 0.1) is 11.8 Å². The third-order valence-electron chi connectivity index (χ3n) is 3.49. The van der Waals surface area contributed by atoms with Gasteiger partial charge in [0.25, 0.3) is 0 Å². The van der Waals surface area contributed by atoms with Gasteiger partial charge in [0, 0.05) is 6.54 Å². The maximum absolute atomic E-state index is 6.26. The van der Waals surface area contributed by atoms with Crippen molar-refractivity contribution in [2.75, 3.05) is 18.5 Å². The van der Waals surface area contributed by atoms with Crippen molar-refractivity contribution >= 4 is 17.4 Å². The lowest BCUT2D eigenvalue weighted by Gasteiger charge is -2.24. The summed E-state index contributed by atoms with van der Waals surface area (Å²) in [7, 11) is 0. The van der Waals surface area contributed by atoms with E-state index < -0.39 is 0 Å². The molecule has 1 rings (SSSR count). The van der Waals surface area contributed by atoms with Gasteiger partial charge in [-0.05, 0) is 49.9 Å². The van der Waals surface area contributed by atoms with E-state index in [1.807, 2.05) is 6.07 Å². The smallest absolute Gasteiger partial charge is 0.140 e. The van der Waals surface area contributed by atoms with Gasteiger partial charge in [-0.2, -0.15) is 0 Å². The predicted octanol–water partition coefficient (Wildman–Crippen LogP) is 3.91. The second-order valence-electron chi connectivity index (χ2n) is 6.41. The molecule has 0 radical (unpaired) electrons. The summed E-state index contributed by atoms with van der Waals surface area (Å²) in [6.45, 7) is 11.9. The molecule has 0 saturated heterocycles. The van der Waals surface area contributed by atoms with Crippen LogP contribution in [0.25, 0.3) is 0 Å². The second kappa shape index (κ2) is 9.23. The van der Waals surface area contributed by atoms with Crippen molar-refractivity contribution in [1.29, 1.82) is 0 Å².